The Hall–Kier alpha value is -8.93. The number of aryl methyl sites for hydroxylation is 18. The average Bonchev–Trinajstić information content (AvgIpc) is 1.94. The highest BCUT2D eigenvalue weighted by atomic mass is 32.1. The molecule has 0 aliphatic heterocycles. The molecule has 102 heavy (non-hydrogen) atoms. The first-order valence-corrected chi connectivity index (χ1v) is 37.6. The van der Waals surface area contributed by atoms with Crippen LogP contribution in [0.25, 0.3) is 0 Å². The van der Waals surface area contributed by atoms with Crippen LogP contribution in [-0.4, -0.2) is 97.9 Å². The molecule has 0 N–H and O–H groups in total. The van der Waals surface area contributed by atoms with E-state index in [9.17, 15) is 0 Å². The molecular weight excluding hydrogens is 1330 g/mol. The topological polar surface area (TPSA) is 234 Å². The molecule has 20 nitrogen and oxygen atoms in total. The number of pyridine rings is 3. The van der Waals surface area contributed by atoms with Crippen molar-refractivity contribution in [1.82, 2.24) is 97.9 Å². The molecule has 12 rings (SSSR count). The van der Waals surface area contributed by atoms with E-state index in [0.717, 1.165) is 55.1 Å². The maximum Gasteiger partial charge on any atom is 0.139 e. The van der Waals surface area contributed by atoms with Crippen LogP contribution < -0.4 is 0 Å². The summed E-state index contributed by atoms with van der Waals surface area (Å²) in [5.41, 5.74) is 9.13. The zero-order chi connectivity index (χ0) is 80.3. The molecule has 0 aliphatic carbocycles. The number of rotatable bonds is 0. The van der Waals surface area contributed by atoms with Crippen molar-refractivity contribution in [2.24, 2.45) is 21.1 Å². The first kappa shape index (κ1) is 112. The van der Waals surface area contributed by atoms with Gasteiger partial charge in [-0.25, -0.2) is 44.9 Å². The minimum Gasteiger partial charge on any atom is -0.276 e. The van der Waals surface area contributed by atoms with Gasteiger partial charge in [-0.05, 0) is 204 Å². The minimum atomic E-state index is 0.822. The fourth-order valence-corrected chi connectivity index (χ4v) is 6.84. The van der Waals surface area contributed by atoms with E-state index in [0.29, 0.717) is 0 Å². The van der Waals surface area contributed by atoms with Crippen LogP contribution in [0.15, 0.2) is 172 Å². The van der Waals surface area contributed by atoms with Crippen molar-refractivity contribution in [3.63, 3.8) is 0 Å². The second-order valence-corrected chi connectivity index (χ2v) is 21.1. The Kier molecular flexibility index (Phi) is 96.5. The van der Waals surface area contributed by atoms with Gasteiger partial charge < -0.3 is 0 Å². The second kappa shape index (κ2) is 88.2. The standard InChI is InChI=1S/3C6H7N.C5H8N2.C5H6N2.2C5H8N2.2C5H6N2.C5H7NS.2C4H6N2S.9C2H6/c1-6-2-4-7-5-3-6;1-6-3-2-4-7-5-6;1-6-4-2-3-5-7-6;1-5-3-6-7(2)4-5;1-5-2-6-4-7-3-5;1-5-3-4-7(2)6-5;1-5-3-4-6-7(5)2;1-5-2-3-6-4-7-5;1-5-6-3-2-4-7-5;1-4-3-6-5(2)7-4;2*1-3-5-4(2)7-6-3;9*1-2/h3*2-5H,1H3;3-4H,1-2H3;2-4H,1H3;2*3-4H,1-2H3;2*2-4H,1H3;3H,1-2H3;2*1-2H3;9*1-2H3. The second-order valence-electron chi connectivity index (χ2n) is 17.7. The van der Waals surface area contributed by atoms with Gasteiger partial charge in [0.25, 0.3) is 0 Å². The Balaban J connectivity index is -0.000000129. The van der Waals surface area contributed by atoms with E-state index in [-0.39, 0.29) is 0 Å². The molecule has 23 heteroatoms. The molecule has 0 amide bonds. The predicted molar refractivity (Wildman–Crippen MR) is 444 cm³/mol. The van der Waals surface area contributed by atoms with E-state index in [1.54, 1.807) is 88.7 Å². The van der Waals surface area contributed by atoms with Crippen LogP contribution in [0.2, 0.25) is 0 Å². The van der Waals surface area contributed by atoms with E-state index in [1.165, 1.54) is 63.0 Å². The quantitative estimate of drug-likeness (QED) is 0.137. The van der Waals surface area contributed by atoms with Crippen molar-refractivity contribution in [2.75, 3.05) is 0 Å². The zero-order valence-corrected chi connectivity index (χ0v) is 72.3. The van der Waals surface area contributed by atoms with Crippen LogP contribution in [0.4, 0.5) is 0 Å². The van der Waals surface area contributed by atoms with Gasteiger partial charge >= 0.3 is 0 Å². The highest BCUT2D eigenvalue weighted by molar-refractivity contribution is 7.11. The molecule has 0 radical (unpaired) electrons. The van der Waals surface area contributed by atoms with E-state index in [1.807, 2.05) is 339 Å². The highest BCUT2D eigenvalue weighted by Crippen LogP contribution is 2.08. The molecule has 12 aromatic heterocycles. The zero-order valence-electron chi connectivity index (χ0n) is 69.8. The lowest BCUT2D eigenvalue weighted by Crippen LogP contribution is -1.90. The van der Waals surface area contributed by atoms with E-state index >= 15 is 0 Å². The normalized spacial score (nSPS) is 8.00. The maximum atomic E-state index is 4.03. The molecule has 0 spiro atoms. The number of hydrogen-bond acceptors (Lipinski definition) is 20. The van der Waals surface area contributed by atoms with Gasteiger partial charge in [-0.2, -0.15) is 24.0 Å². The molecule has 0 aliphatic rings. The van der Waals surface area contributed by atoms with E-state index < -0.39 is 0 Å². The van der Waals surface area contributed by atoms with E-state index in [4.69, 9.17) is 0 Å². The lowest BCUT2D eigenvalue weighted by molar-refractivity contribution is 0.740. The van der Waals surface area contributed by atoms with Gasteiger partial charge in [0.2, 0.25) is 0 Å². The molecule has 0 atom stereocenters. The molecule has 0 fully saturated rings. The summed E-state index contributed by atoms with van der Waals surface area (Å²) < 4.78 is 13.3. The van der Waals surface area contributed by atoms with Gasteiger partial charge in [0.1, 0.15) is 40.1 Å². The van der Waals surface area contributed by atoms with Crippen molar-refractivity contribution >= 4 is 34.4 Å². The van der Waals surface area contributed by atoms with Crippen LogP contribution in [0.3, 0.4) is 0 Å². The summed E-state index contributed by atoms with van der Waals surface area (Å²) in [5.74, 6) is 2.58. The Morgan fingerprint density at radius 1 is 0.314 bits per heavy atom. The van der Waals surface area contributed by atoms with Gasteiger partial charge in [0.05, 0.1) is 16.9 Å². The van der Waals surface area contributed by atoms with Gasteiger partial charge in [0.15, 0.2) is 0 Å². The monoisotopic (exact) mass is 1460 g/mol. The van der Waals surface area contributed by atoms with Gasteiger partial charge in [0, 0.05) is 130 Å². The highest BCUT2D eigenvalue weighted by Gasteiger charge is 1.90. The van der Waals surface area contributed by atoms with Crippen molar-refractivity contribution in [3.8, 4) is 0 Å². The molecule has 0 saturated heterocycles. The molecule has 0 saturated carbocycles. The summed E-state index contributed by atoms with van der Waals surface area (Å²) in [7, 11) is 5.75. The van der Waals surface area contributed by atoms with Gasteiger partial charge in [-0.1, -0.05) is 137 Å². The van der Waals surface area contributed by atoms with Crippen LogP contribution in [0.1, 0.15) is 207 Å². The third-order valence-corrected chi connectivity index (χ3v) is 11.6. The van der Waals surface area contributed by atoms with Gasteiger partial charge in [-0.3, -0.25) is 29.0 Å². The Morgan fingerprint density at radius 2 is 0.814 bits per heavy atom. The summed E-state index contributed by atoms with van der Waals surface area (Å²) in [4.78, 5) is 48.0. The van der Waals surface area contributed by atoms with Gasteiger partial charge in [-0.15, -0.1) is 11.3 Å². The molecular formula is C79H136N20S3. The lowest BCUT2D eigenvalue weighted by atomic mass is 10.3. The van der Waals surface area contributed by atoms with Crippen LogP contribution in [0.5, 0.6) is 0 Å². The average molecular weight is 1460 g/mol. The molecule has 12 aromatic rings. The third-order valence-electron chi connectivity index (χ3n) is 9.33. The molecule has 0 bridgehead atoms. The van der Waals surface area contributed by atoms with Crippen LogP contribution in [0, 0.1) is 104 Å². The molecule has 0 aromatic carbocycles. The first-order valence-electron chi connectivity index (χ1n) is 35.2. The van der Waals surface area contributed by atoms with Crippen molar-refractivity contribution < 1.29 is 0 Å². The number of aromatic nitrogens is 20. The summed E-state index contributed by atoms with van der Waals surface area (Å²) in [6.45, 7) is 65.6. The van der Waals surface area contributed by atoms with Crippen molar-refractivity contribution in [3.05, 3.63) is 255 Å². The maximum absolute atomic E-state index is 4.03. The van der Waals surface area contributed by atoms with Crippen LogP contribution in [-0.2, 0) is 21.1 Å². The summed E-state index contributed by atoms with van der Waals surface area (Å²) in [6.07, 6.45) is 30.1. The number of nitrogens with zero attached hydrogens (tertiary/aromatic N) is 20. The number of thiazole rings is 1. The fourth-order valence-electron chi connectivity index (χ4n) is 5.21. The smallest absolute Gasteiger partial charge is 0.139 e. The predicted octanol–water partition coefficient (Wildman–Crippen LogP) is 22.0. The summed E-state index contributed by atoms with van der Waals surface area (Å²) in [6, 6.07) is 21.4. The summed E-state index contributed by atoms with van der Waals surface area (Å²) in [5, 5.41) is 15.1. The SMILES string of the molecule is CC.CC.CC.CC.CC.CC.CC.CC.CC.Cc1ccccn1.Cc1cccnc1.Cc1ccn(C)n1.Cc1ccncc1.Cc1ccncn1.Cc1ccnn1C.Cc1cnc(C)s1.Cc1cncnc1.Cc1cnn(C)c1.Cc1ncccn1.Cc1nsc(C)n1.Cc1nsc(C)n1. The van der Waals surface area contributed by atoms with E-state index in [2.05, 4.69) is 90.8 Å². The Labute approximate surface area is 632 Å². The van der Waals surface area contributed by atoms with Crippen molar-refractivity contribution in [2.45, 2.75) is 228 Å². The number of hydrogen-bond donors (Lipinski definition) is 0. The summed E-state index contributed by atoms with van der Waals surface area (Å²) >= 11 is 4.62. The first-order chi connectivity index (χ1) is 49.1. The van der Waals surface area contributed by atoms with Crippen LogP contribution >= 0.6 is 34.4 Å². The Bertz CT molecular complexity index is 2780. The Morgan fingerprint density at radius 3 is 0.980 bits per heavy atom. The molecule has 570 valence electrons. The lowest BCUT2D eigenvalue weighted by Gasteiger charge is -1.87. The van der Waals surface area contributed by atoms with Crippen molar-refractivity contribution in [1.29, 1.82) is 0 Å². The minimum absolute atomic E-state index is 0.822. The fraction of sp³-hybridized carbons (Fsp3) is 0.456. The molecule has 0 unspecified atom stereocenters. The molecule has 12 heterocycles. The largest absolute Gasteiger partial charge is 0.276 e. The third kappa shape index (κ3) is 83.5.